The van der Waals surface area contributed by atoms with Gasteiger partial charge in [-0.05, 0) is 43.5 Å². The van der Waals surface area contributed by atoms with Crippen molar-refractivity contribution < 1.29 is 14.3 Å². The number of halogens is 1. The summed E-state index contributed by atoms with van der Waals surface area (Å²) < 4.78 is 11.4. The molecule has 0 unspecified atom stereocenters. The maximum absolute atomic E-state index is 11.2. The van der Waals surface area contributed by atoms with Crippen molar-refractivity contribution in [2.75, 3.05) is 24.2 Å². The zero-order valence-corrected chi connectivity index (χ0v) is 12.3. The number of hydrogen-bond donors (Lipinski definition) is 0. The molecule has 0 aliphatic rings. The fourth-order valence-corrected chi connectivity index (χ4v) is 1.79. The molecule has 0 rings (SSSR count). The lowest BCUT2D eigenvalue weighted by atomic mass is 10.2. The van der Waals surface area contributed by atoms with Crippen molar-refractivity contribution in [1.82, 2.24) is 0 Å². The van der Waals surface area contributed by atoms with E-state index in [4.69, 9.17) is 9.47 Å². The second-order valence-electron chi connectivity index (χ2n) is 3.62. The SMILES string of the molecule is CCOCCCCCOC(=O)CCCCI. The Morgan fingerprint density at radius 1 is 1.06 bits per heavy atom. The van der Waals surface area contributed by atoms with Gasteiger partial charge < -0.3 is 9.47 Å². The molecule has 0 aromatic carbocycles. The van der Waals surface area contributed by atoms with Crippen LogP contribution in [-0.2, 0) is 14.3 Å². The summed E-state index contributed by atoms with van der Waals surface area (Å²) >= 11 is 2.32. The van der Waals surface area contributed by atoms with Crippen molar-refractivity contribution in [3.8, 4) is 0 Å². The minimum absolute atomic E-state index is 0.0466. The third-order valence-electron chi connectivity index (χ3n) is 2.16. The first-order chi connectivity index (χ1) is 7.81. The van der Waals surface area contributed by atoms with Crippen LogP contribution in [0.3, 0.4) is 0 Å². The molecule has 0 saturated heterocycles. The Morgan fingerprint density at radius 2 is 1.81 bits per heavy atom. The molecule has 0 aliphatic carbocycles. The predicted molar refractivity (Wildman–Crippen MR) is 74.0 cm³/mol. The molecule has 0 aliphatic heterocycles. The molecule has 0 atom stereocenters. The zero-order chi connectivity index (χ0) is 12.1. The zero-order valence-electron chi connectivity index (χ0n) is 10.2. The molecule has 0 aromatic rings. The average molecular weight is 342 g/mol. The molecule has 4 heteroatoms. The van der Waals surface area contributed by atoms with Gasteiger partial charge in [-0.1, -0.05) is 22.6 Å². The quantitative estimate of drug-likeness (QED) is 0.250. The van der Waals surface area contributed by atoms with E-state index in [1.807, 2.05) is 6.92 Å². The Labute approximate surface area is 112 Å². The first-order valence-corrected chi connectivity index (χ1v) is 7.63. The highest BCUT2D eigenvalue weighted by atomic mass is 127. The normalized spacial score (nSPS) is 10.4. The minimum Gasteiger partial charge on any atom is -0.466 e. The Bertz CT molecular complexity index is 162. The number of carbonyl (C=O) groups excluding carboxylic acids is 1. The van der Waals surface area contributed by atoms with Crippen molar-refractivity contribution in [2.45, 2.75) is 45.4 Å². The van der Waals surface area contributed by atoms with Gasteiger partial charge in [0.25, 0.3) is 0 Å². The summed E-state index contributed by atoms with van der Waals surface area (Å²) in [6.45, 7) is 4.17. The molecule has 96 valence electrons. The summed E-state index contributed by atoms with van der Waals surface area (Å²) in [5.74, 6) is -0.0466. The van der Waals surface area contributed by atoms with Gasteiger partial charge >= 0.3 is 5.97 Å². The van der Waals surface area contributed by atoms with Gasteiger partial charge in [0.05, 0.1) is 6.61 Å². The summed E-state index contributed by atoms with van der Waals surface area (Å²) in [4.78, 5) is 11.2. The number of hydrogen-bond acceptors (Lipinski definition) is 3. The fraction of sp³-hybridized carbons (Fsp3) is 0.917. The molecule has 0 fully saturated rings. The van der Waals surface area contributed by atoms with E-state index in [9.17, 15) is 4.79 Å². The smallest absolute Gasteiger partial charge is 0.305 e. The standard InChI is InChI=1S/C12H23IO3/c1-2-15-10-6-3-7-11-16-12(14)8-4-5-9-13/h2-11H2,1H3. The monoisotopic (exact) mass is 342 g/mol. The third-order valence-corrected chi connectivity index (χ3v) is 2.93. The molecule has 0 spiro atoms. The number of esters is 1. The molecule has 0 amide bonds. The van der Waals surface area contributed by atoms with Gasteiger partial charge in [0.1, 0.15) is 0 Å². The van der Waals surface area contributed by atoms with Gasteiger partial charge in [0.2, 0.25) is 0 Å². The minimum atomic E-state index is -0.0466. The van der Waals surface area contributed by atoms with Crippen LogP contribution >= 0.6 is 22.6 Å². The summed E-state index contributed by atoms with van der Waals surface area (Å²) in [5.41, 5.74) is 0. The number of rotatable bonds is 11. The van der Waals surface area contributed by atoms with E-state index in [1.54, 1.807) is 0 Å². The lowest BCUT2D eigenvalue weighted by molar-refractivity contribution is -0.143. The Kier molecular flexibility index (Phi) is 13.4. The lowest BCUT2D eigenvalue weighted by Crippen LogP contribution is -2.06. The van der Waals surface area contributed by atoms with Crippen molar-refractivity contribution >= 4 is 28.6 Å². The second kappa shape index (κ2) is 13.2. The molecule has 0 radical (unpaired) electrons. The highest BCUT2D eigenvalue weighted by Gasteiger charge is 2.01. The topological polar surface area (TPSA) is 35.5 Å². The summed E-state index contributed by atoms with van der Waals surface area (Å²) in [5, 5.41) is 0. The van der Waals surface area contributed by atoms with E-state index in [0.717, 1.165) is 49.7 Å². The van der Waals surface area contributed by atoms with Crippen LogP contribution in [0.4, 0.5) is 0 Å². The van der Waals surface area contributed by atoms with E-state index < -0.39 is 0 Å². The Balaban J connectivity index is 3.09. The van der Waals surface area contributed by atoms with Crippen molar-refractivity contribution in [2.24, 2.45) is 0 Å². The molecule has 16 heavy (non-hydrogen) atoms. The van der Waals surface area contributed by atoms with Crippen LogP contribution in [0.2, 0.25) is 0 Å². The first kappa shape index (κ1) is 16.2. The predicted octanol–water partition coefficient (Wildman–Crippen LogP) is 3.34. The summed E-state index contributed by atoms with van der Waals surface area (Å²) in [6, 6.07) is 0. The van der Waals surface area contributed by atoms with Gasteiger partial charge in [-0.15, -0.1) is 0 Å². The fourth-order valence-electron chi connectivity index (χ4n) is 1.25. The average Bonchev–Trinajstić information content (AvgIpc) is 2.28. The van der Waals surface area contributed by atoms with Crippen LogP contribution in [0.5, 0.6) is 0 Å². The van der Waals surface area contributed by atoms with Gasteiger partial charge in [0, 0.05) is 19.6 Å². The maximum Gasteiger partial charge on any atom is 0.305 e. The third kappa shape index (κ3) is 12.2. The molecule has 0 saturated carbocycles. The molecule has 0 heterocycles. The van der Waals surface area contributed by atoms with Crippen molar-refractivity contribution in [1.29, 1.82) is 0 Å². The molecule has 3 nitrogen and oxygen atoms in total. The van der Waals surface area contributed by atoms with Gasteiger partial charge in [0.15, 0.2) is 0 Å². The van der Waals surface area contributed by atoms with Gasteiger partial charge in [-0.3, -0.25) is 4.79 Å². The molecular formula is C12H23IO3. The Hall–Kier alpha value is 0.160. The second-order valence-corrected chi connectivity index (χ2v) is 4.70. The van der Waals surface area contributed by atoms with Crippen molar-refractivity contribution in [3.63, 3.8) is 0 Å². The molecule has 0 N–H and O–H groups in total. The first-order valence-electron chi connectivity index (χ1n) is 6.10. The number of unbranched alkanes of at least 4 members (excludes halogenated alkanes) is 3. The van der Waals surface area contributed by atoms with E-state index in [-0.39, 0.29) is 5.97 Å². The summed E-state index contributed by atoms with van der Waals surface area (Å²) in [6.07, 6.45) is 5.70. The van der Waals surface area contributed by atoms with Crippen LogP contribution in [0.1, 0.15) is 45.4 Å². The maximum atomic E-state index is 11.2. The lowest BCUT2D eigenvalue weighted by Gasteiger charge is -2.04. The number of alkyl halides is 1. The van der Waals surface area contributed by atoms with E-state index in [0.29, 0.717) is 13.0 Å². The van der Waals surface area contributed by atoms with E-state index in [2.05, 4.69) is 22.6 Å². The van der Waals surface area contributed by atoms with Crippen molar-refractivity contribution in [3.05, 3.63) is 0 Å². The van der Waals surface area contributed by atoms with E-state index >= 15 is 0 Å². The van der Waals surface area contributed by atoms with Crippen LogP contribution in [0.25, 0.3) is 0 Å². The van der Waals surface area contributed by atoms with Crippen LogP contribution in [-0.4, -0.2) is 30.2 Å². The molecule has 0 bridgehead atoms. The highest BCUT2D eigenvalue weighted by Crippen LogP contribution is 2.02. The van der Waals surface area contributed by atoms with E-state index in [1.165, 1.54) is 0 Å². The van der Waals surface area contributed by atoms with Gasteiger partial charge in [-0.25, -0.2) is 0 Å². The summed E-state index contributed by atoms with van der Waals surface area (Å²) in [7, 11) is 0. The van der Waals surface area contributed by atoms with Crippen LogP contribution < -0.4 is 0 Å². The van der Waals surface area contributed by atoms with Crippen LogP contribution in [0.15, 0.2) is 0 Å². The largest absolute Gasteiger partial charge is 0.466 e. The van der Waals surface area contributed by atoms with Gasteiger partial charge in [-0.2, -0.15) is 0 Å². The van der Waals surface area contributed by atoms with Crippen LogP contribution in [0, 0.1) is 0 Å². The number of ether oxygens (including phenoxy) is 2. The highest BCUT2D eigenvalue weighted by molar-refractivity contribution is 14.1. The Morgan fingerprint density at radius 3 is 2.50 bits per heavy atom. The number of carbonyl (C=O) groups is 1. The molecule has 0 aromatic heterocycles. The molecular weight excluding hydrogens is 319 g/mol.